The highest BCUT2D eigenvalue weighted by Crippen LogP contribution is 2.27. The minimum atomic E-state index is -3.98. The van der Waals surface area contributed by atoms with Crippen LogP contribution in [0.25, 0.3) is 0 Å². The van der Waals surface area contributed by atoms with E-state index in [-0.39, 0.29) is 22.7 Å². The quantitative estimate of drug-likeness (QED) is 0.751. The van der Waals surface area contributed by atoms with Crippen LogP contribution in [-0.4, -0.2) is 44.3 Å². The van der Waals surface area contributed by atoms with E-state index in [1.54, 1.807) is 18.2 Å². The van der Waals surface area contributed by atoms with E-state index in [4.69, 9.17) is 4.74 Å². The topological polar surface area (TPSA) is 92.8 Å². The second-order valence-corrected chi connectivity index (χ2v) is 8.50. The van der Waals surface area contributed by atoms with Crippen LogP contribution in [0, 0.1) is 5.82 Å². The summed E-state index contributed by atoms with van der Waals surface area (Å²) in [7, 11) is -2.75. The molecule has 0 aromatic heterocycles. The van der Waals surface area contributed by atoms with E-state index >= 15 is 0 Å². The summed E-state index contributed by atoms with van der Waals surface area (Å²) in [6.07, 6.45) is 1.64. The Kier molecular flexibility index (Phi) is 6.29. The first-order chi connectivity index (χ1) is 13.8. The molecule has 2 aromatic rings. The molecular formula is C20H21FN2O5S. The standard InChI is InChI=1S/C20H21FN2O5S/c1-28-20(25)16-6-2-3-7-17(16)22-19(24)18-8-4-5-13-23(18)29(26,27)15-11-9-14(21)10-12-15/h2-3,6-7,9-12,18H,4-5,8,13H2,1H3,(H,22,24)/t18-/m0/s1. The summed E-state index contributed by atoms with van der Waals surface area (Å²) in [4.78, 5) is 24.8. The van der Waals surface area contributed by atoms with Crippen molar-refractivity contribution in [2.24, 2.45) is 0 Å². The summed E-state index contributed by atoms with van der Waals surface area (Å²) in [5.41, 5.74) is 0.418. The summed E-state index contributed by atoms with van der Waals surface area (Å²) in [5, 5.41) is 2.65. The summed E-state index contributed by atoms with van der Waals surface area (Å²) in [5.74, 6) is -1.69. The van der Waals surface area contributed by atoms with E-state index in [0.717, 1.165) is 16.4 Å². The number of hydrogen-bond acceptors (Lipinski definition) is 5. The smallest absolute Gasteiger partial charge is 0.339 e. The molecule has 1 saturated heterocycles. The van der Waals surface area contributed by atoms with Crippen molar-refractivity contribution in [2.75, 3.05) is 19.0 Å². The number of piperidine rings is 1. The summed E-state index contributed by atoms with van der Waals surface area (Å²) in [6.45, 7) is 0.177. The lowest BCUT2D eigenvalue weighted by atomic mass is 10.0. The zero-order valence-corrected chi connectivity index (χ0v) is 16.6. The second-order valence-electron chi connectivity index (χ2n) is 6.61. The number of ether oxygens (including phenoxy) is 1. The predicted molar refractivity (Wildman–Crippen MR) is 104 cm³/mol. The molecular weight excluding hydrogens is 399 g/mol. The van der Waals surface area contributed by atoms with E-state index in [0.29, 0.717) is 19.3 Å². The van der Waals surface area contributed by atoms with Crippen molar-refractivity contribution in [2.45, 2.75) is 30.2 Å². The zero-order chi connectivity index (χ0) is 21.0. The molecule has 7 nitrogen and oxygen atoms in total. The molecule has 29 heavy (non-hydrogen) atoms. The number of amides is 1. The van der Waals surface area contributed by atoms with Gasteiger partial charge in [-0.2, -0.15) is 4.31 Å². The third-order valence-corrected chi connectivity index (χ3v) is 6.69. The van der Waals surface area contributed by atoms with Gasteiger partial charge in [0.2, 0.25) is 15.9 Å². The Bertz CT molecular complexity index is 1010. The number of sulfonamides is 1. The summed E-state index contributed by atoms with van der Waals surface area (Å²) in [6, 6.07) is 9.90. The minimum absolute atomic E-state index is 0.0754. The van der Waals surface area contributed by atoms with Gasteiger partial charge in [0.1, 0.15) is 11.9 Å². The van der Waals surface area contributed by atoms with Crippen LogP contribution in [0.5, 0.6) is 0 Å². The first-order valence-corrected chi connectivity index (χ1v) is 10.5. The van der Waals surface area contributed by atoms with Gasteiger partial charge in [-0.15, -0.1) is 0 Å². The van der Waals surface area contributed by atoms with Crippen LogP contribution in [0.4, 0.5) is 10.1 Å². The fourth-order valence-corrected chi connectivity index (χ4v) is 4.95. The molecule has 1 atom stereocenters. The lowest BCUT2D eigenvalue weighted by Gasteiger charge is -2.33. The van der Waals surface area contributed by atoms with Gasteiger partial charge in [-0.3, -0.25) is 4.79 Å². The fraction of sp³-hybridized carbons (Fsp3) is 0.300. The molecule has 1 aliphatic heterocycles. The van der Waals surface area contributed by atoms with Crippen molar-refractivity contribution >= 4 is 27.6 Å². The number of rotatable bonds is 5. The van der Waals surface area contributed by atoms with Crippen LogP contribution in [0.3, 0.4) is 0 Å². The average Bonchev–Trinajstić information content (AvgIpc) is 2.74. The van der Waals surface area contributed by atoms with Gasteiger partial charge in [0, 0.05) is 6.54 Å². The molecule has 0 saturated carbocycles. The molecule has 154 valence electrons. The lowest BCUT2D eigenvalue weighted by molar-refractivity contribution is -0.120. The van der Waals surface area contributed by atoms with Crippen molar-refractivity contribution in [1.82, 2.24) is 4.31 Å². The molecule has 0 radical (unpaired) electrons. The normalized spacial score (nSPS) is 17.5. The van der Waals surface area contributed by atoms with Crippen LogP contribution in [0.1, 0.15) is 29.6 Å². The van der Waals surface area contributed by atoms with Crippen molar-refractivity contribution in [3.63, 3.8) is 0 Å². The van der Waals surface area contributed by atoms with Gasteiger partial charge in [0.15, 0.2) is 0 Å². The highest BCUT2D eigenvalue weighted by molar-refractivity contribution is 7.89. The molecule has 1 N–H and O–H groups in total. The van der Waals surface area contributed by atoms with Crippen LogP contribution in [0.15, 0.2) is 53.4 Å². The number of anilines is 1. The van der Waals surface area contributed by atoms with E-state index < -0.39 is 33.8 Å². The number of nitrogens with one attached hydrogen (secondary N) is 1. The van der Waals surface area contributed by atoms with Crippen LogP contribution >= 0.6 is 0 Å². The second kappa shape index (κ2) is 8.71. The minimum Gasteiger partial charge on any atom is -0.465 e. The molecule has 0 unspecified atom stereocenters. The molecule has 0 aliphatic carbocycles. The van der Waals surface area contributed by atoms with Crippen molar-refractivity contribution in [3.05, 3.63) is 59.9 Å². The molecule has 1 fully saturated rings. The number of benzene rings is 2. The van der Waals surface area contributed by atoms with Crippen LogP contribution in [-0.2, 0) is 19.6 Å². The summed E-state index contributed by atoms with van der Waals surface area (Å²) >= 11 is 0. The van der Waals surface area contributed by atoms with Gasteiger partial charge < -0.3 is 10.1 Å². The molecule has 0 bridgehead atoms. The molecule has 2 aromatic carbocycles. The van der Waals surface area contributed by atoms with Crippen molar-refractivity contribution in [1.29, 1.82) is 0 Å². The van der Waals surface area contributed by atoms with Crippen molar-refractivity contribution < 1.29 is 27.1 Å². The fourth-order valence-electron chi connectivity index (χ4n) is 3.29. The first kappa shape index (κ1) is 20.9. The molecule has 1 heterocycles. The molecule has 1 amide bonds. The Labute approximate surface area is 168 Å². The van der Waals surface area contributed by atoms with Gasteiger partial charge in [-0.1, -0.05) is 18.6 Å². The van der Waals surface area contributed by atoms with E-state index in [1.165, 1.54) is 25.3 Å². The van der Waals surface area contributed by atoms with E-state index in [9.17, 15) is 22.4 Å². The average molecular weight is 420 g/mol. The Balaban J connectivity index is 1.88. The molecule has 9 heteroatoms. The Morgan fingerprint density at radius 1 is 1.10 bits per heavy atom. The predicted octanol–water partition coefficient (Wildman–Crippen LogP) is 2.79. The van der Waals surface area contributed by atoms with Crippen LogP contribution < -0.4 is 5.32 Å². The SMILES string of the molecule is COC(=O)c1ccccc1NC(=O)[C@@H]1CCCCN1S(=O)(=O)c1ccc(F)cc1. The number of para-hydroxylation sites is 1. The van der Waals surface area contributed by atoms with Gasteiger partial charge in [-0.05, 0) is 49.2 Å². The maximum Gasteiger partial charge on any atom is 0.339 e. The zero-order valence-electron chi connectivity index (χ0n) is 15.8. The van der Waals surface area contributed by atoms with Gasteiger partial charge in [0.05, 0.1) is 23.3 Å². The number of carbonyl (C=O) groups is 2. The Morgan fingerprint density at radius 2 is 1.79 bits per heavy atom. The first-order valence-electron chi connectivity index (χ1n) is 9.10. The summed E-state index contributed by atoms with van der Waals surface area (Å²) < 4.78 is 45.1. The number of carbonyl (C=O) groups excluding carboxylic acids is 2. The Morgan fingerprint density at radius 3 is 2.48 bits per heavy atom. The van der Waals surface area contributed by atoms with Crippen LogP contribution in [0.2, 0.25) is 0 Å². The van der Waals surface area contributed by atoms with E-state index in [2.05, 4.69) is 5.32 Å². The molecule has 3 rings (SSSR count). The van der Waals surface area contributed by atoms with Crippen molar-refractivity contribution in [3.8, 4) is 0 Å². The maximum absolute atomic E-state index is 13.2. The highest BCUT2D eigenvalue weighted by Gasteiger charge is 2.38. The van der Waals surface area contributed by atoms with Gasteiger partial charge >= 0.3 is 5.97 Å². The van der Waals surface area contributed by atoms with Gasteiger partial charge in [-0.25, -0.2) is 17.6 Å². The Hall–Kier alpha value is -2.78. The van der Waals surface area contributed by atoms with E-state index in [1.807, 2.05) is 0 Å². The maximum atomic E-state index is 13.2. The molecule has 1 aliphatic rings. The number of esters is 1. The number of halogens is 1. The number of nitrogens with zero attached hydrogens (tertiary/aromatic N) is 1. The lowest BCUT2D eigenvalue weighted by Crippen LogP contribution is -2.49. The monoisotopic (exact) mass is 420 g/mol. The van der Waals surface area contributed by atoms with Gasteiger partial charge in [0.25, 0.3) is 0 Å². The third kappa shape index (κ3) is 4.46. The number of methoxy groups -OCH3 is 1. The number of hydrogen-bond donors (Lipinski definition) is 1. The molecule has 0 spiro atoms. The largest absolute Gasteiger partial charge is 0.465 e. The third-order valence-electron chi connectivity index (χ3n) is 4.77. The highest BCUT2D eigenvalue weighted by atomic mass is 32.2.